The van der Waals surface area contributed by atoms with Gasteiger partial charge in [0.25, 0.3) is 5.91 Å². The van der Waals surface area contributed by atoms with Gasteiger partial charge in [0.05, 0.1) is 30.2 Å². The lowest BCUT2D eigenvalue weighted by atomic mass is 9.94. The number of amides is 3. The van der Waals surface area contributed by atoms with Gasteiger partial charge in [-0.05, 0) is 43.5 Å². The Labute approximate surface area is 212 Å². The molecule has 2 aromatic carbocycles. The normalized spacial score (nSPS) is 22.4. The summed E-state index contributed by atoms with van der Waals surface area (Å²) in [5.74, 6) is -0.0769. The van der Waals surface area contributed by atoms with Crippen molar-refractivity contribution in [2.24, 2.45) is 5.92 Å². The second kappa shape index (κ2) is 11.1. The Morgan fingerprint density at radius 3 is 2.56 bits per heavy atom. The number of likely N-dealkylation sites (N-methyl/N-ethyl adjacent to an activating group) is 1. The zero-order chi connectivity index (χ0) is 25.8. The minimum absolute atomic E-state index is 0.0627. The van der Waals surface area contributed by atoms with Crippen molar-refractivity contribution in [3.63, 3.8) is 0 Å². The topological polar surface area (TPSA) is 97.0 Å². The molecule has 0 bridgehead atoms. The van der Waals surface area contributed by atoms with Gasteiger partial charge in [0.1, 0.15) is 18.5 Å². The van der Waals surface area contributed by atoms with E-state index >= 15 is 0 Å². The van der Waals surface area contributed by atoms with E-state index in [0.717, 1.165) is 5.56 Å². The van der Waals surface area contributed by atoms with E-state index in [1.54, 1.807) is 30.1 Å². The van der Waals surface area contributed by atoms with Gasteiger partial charge in [0, 0.05) is 18.7 Å². The second-order valence-corrected chi connectivity index (χ2v) is 9.93. The fourth-order valence-corrected chi connectivity index (χ4v) is 4.72. The monoisotopic (exact) mass is 493 g/mol. The first kappa shape index (κ1) is 25.7. The number of fused-ring (bicyclic) bond motifs is 2. The summed E-state index contributed by atoms with van der Waals surface area (Å²) in [5, 5.41) is 5.89. The molecule has 2 aromatic rings. The van der Waals surface area contributed by atoms with Crippen LogP contribution in [0.4, 0.5) is 5.69 Å². The van der Waals surface area contributed by atoms with Gasteiger partial charge in [-0.1, -0.05) is 44.2 Å². The predicted octanol–water partition coefficient (Wildman–Crippen LogP) is 3.93. The summed E-state index contributed by atoms with van der Waals surface area (Å²) in [7, 11) is 1.77. The van der Waals surface area contributed by atoms with Crippen LogP contribution in [-0.4, -0.2) is 54.5 Å². The lowest BCUT2D eigenvalue weighted by Crippen LogP contribution is -2.54. The molecular weight excluding hydrogens is 458 g/mol. The van der Waals surface area contributed by atoms with E-state index in [9.17, 15) is 14.4 Å². The van der Waals surface area contributed by atoms with Gasteiger partial charge in [-0.15, -0.1) is 0 Å². The van der Waals surface area contributed by atoms with Crippen LogP contribution in [0.1, 0.15) is 62.0 Å². The largest absolute Gasteiger partial charge is 0.490 e. The first-order valence-corrected chi connectivity index (χ1v) is 12.6. The minimum Gasteiger partial charge on any atom is -0.490 e. The van der Waals surface area contributed by atoms with Crippen LogP contribution in [0.15, 0.2) is 48.5 Å². The van der Waals surface area contributed by atoms with Crippen LogP contribution in [0.5, 0.6) is 5.75 Å². The van der Waals surface area contributed by atoms with Gasteiger partial charge < -0.3 is 25.0 Å². The SMILES string of the molecule is CC(C)C(=O)Nc1ccc2c(c1)C(=O)N(C)[C@@H]1CC[C@@H](CC(=O)N[C@@H](C)c3ccccc3)O[C@H]1CO2. The summed E-state index contributed by atoms with van der Waals surface area (Å²) in [6.45, 7) is 5.86. The fraction of sp³-hybridized carbons (Fsp3) is 0.464. The molecular formula is C28H35N3O5. The molecule has 3 amide bonds. The van der Waals surface area contributed by atoms with E-state index in [-0.39, 0.29) is 61.0 Å². The molecule has 1 fully saturated rings. The van der Waals surface area contributed by atoms with Gasteiger partial charge in [0.15, 0.2) is 0 Å². The number of benzene rings is 2. The first-order chi connectivity index (χ1) is 17.2. The van der Waals surface area contributed by atoms with Gasteiger partial charge >= 0.3 is 0 Å². The lowest BCUT2D eigenvalue weighted by Gasteiger charge is -2.42. The summed E-state index contributed by atoms with van der Waals surface area (Å²) >= 11 is 0. The summed E-state index contributed by atoms with van der Waals surface area (Å²) in [6.07, 6.45) is 1.05. The van der Waals surface area contributed by atoms with E-state index in [0.29, 0.717) is 29.8 Å². The molecule has 2 aliphatic rings. The van der Waals surface area contributed by atoms with E-state index in [1.807, 2.05) is 51.1 Å². The van der Waals surface area contributed by atoms with Crippen molar-refractivity contribution in [2.45, 2.75) is 64.3 Å². The summed E-state index contributed by atoms with van der Waals surface area (Å²) in [4.78, 5) is 39.8. The molecule has 0 aromatic heterocycles. The molecule has 0 unspecified atom stereocenters. The van der Waals surface area contributed by atoms with Crippen LogP contribution in [0, 0.1) is 5.92 Å². The zero-order valence-corrected chi connectivity index (χ0v) is 21.3. The third-order valence-corrected chi connectivity index (χ3v) is 6.89. The first-order valence-electron chi connectivity index (χ1n) is 12.6. The molecule has 0 spiro atoms. The lowest BCUT2D eigenvalue weighted by molar-refractivity contribution is -0.134. The molecule has 2 aliphatic heterocycles. The molecule has 2 heterocycles. The summed E-state index contributed by atoms with van der Waals surface area (Å²) in [5.41, 5.74) is 2.02. The van der Waals surface area contributed by atoms with Gasteiger partial charge in [0.2, 0.25) is 11.8 Å². The average Bonchev–Trinajstić information content (AvgIpc) is 2.86. The molecule has 0 saturated carbocycles. The number of rotatable bonds is 6. The van der Waals surface area contributed by atoms with Crippen LogP contribution in [0.2, 0.25) is 0 Å². The fourth-order valence-electron chi connectivity index (χ4n) is 4.72. The number of carbonyl (C=O) groups is 3. The van der Waals surface area contributed by atoms with Crippen molar-refractivity contribution in [1.82, 2.24) is 10.2 Å². The van der Waals surface area contributed by atoms with Gasteiger partial charge in [-0.2, -0.15) is 0 Å². The predicted molar refractivity (Wildman–Crippen MR) is 137 cm³/mol. The highest BCUT2D eigenvalue weighted by atomic mass is 16.5. The molecule has 8 heteroatoms. The van der Waals surface area contributed by atoms with E-state index in [4.69, 9.17) is 9.47 Å². The number of nitrogens with zero attached hydrogens (tertiary/aromatic N) is 1. The highest BCUT2D eigenvalue weighted by Crippen LogP contribution is 2.32. The van der Waals surface area contributed by atoms with Crippen molar-refractivity contribution in [3.8, 4) is 5.75 Å². The van der Waals surface area contributed by atoms with Crippen LogP contribution in [0.25, 0.3) is 0 Å². The molecule has 36 heavy (non-hydrogen) atoms. The molecule has 8 nitrogen and oxygen atoms in total. The Balaban J connectivity index is 1.40. The number of nitrogens with one attached hydrogen (secondary N) is 2. The quantitative estimate of drug-likeness (QED) is 0.636. The van der Waals surface area contributed by atoms with E-state index in [2.05, 4.69) is 10.6 Å². The Morgan fingerprint density at radius 2 is 1.83 bits per heavy atom. The van der Waals surface area contributed by atoms with Crippen LogP contribution in [0.3, 0.4) is 0 Å². The van der Waals surface area contributed by atoms with Crippen LogP contribution < -0.4 is 15.4 Å². The number of hydrogen-bond acceptors (Lipinski definition) is 5. The van der Waals surface area contributed by atoms with Crippen LogP contribution in [-0.2, 0) is 14.3 Å². The number of carbonyl (C=O) groups excluding carboxylic acids is 3. The second-order valence-electron chi connectivity index (χ2n) is 9.93. The van der Waals surface area contributed by atoms with E-state index < -0.39 is 0 Å². The van der Waals surface area contributed by atoms with Crippen molar-refractivity contribution < 1.29 is 23.9 Å². The number of hydrogen-bond donors (Lipinski definition) is 2. The molecule has 1 saturated heterocycles. The smallest absolute Gasteiger partial charge is 0.257 e. The Morgan fingerprint density at radius 1 is 1.08 bits per heavy atom. The highest BCUT2D eigenvalue weighted by molar-refractivity contribution is 6.00. The number of ether oxygens (including phenoxy) is 2. The Hall–Kier alpha value is -3.39. The highest BCUT2D eigenvalue weighted by Gasteiger charge is 2.39. The van der Waals surface area contributed by atoms with Crippen molar-refractivity contribution in [2.75, 3.05) is 19.0 Å². The molecule has 2 N–H and O–H groups in total. The third kappa shape index (κ3) is 5.87. The molecule has 4 atom stereocenters. The van der Waals surface area contributed by atoms with Crippen molar-refractivity contribution >= 4 is 23.4 Å². The van der Waals surface area contributed by atoms with Crippen LogP contribution >= 0.6 is 0 Å². The molecule has 4 rings (SSSR count). The standard InChI is InChI=1S/C28H35N3O5/c1-17(2)27(33)30-20-10-13-24-22(14-20)28(34)31(4)23-12-11-21(36-25(23)16-35-24)15-26(32)29-18(3)19-8-6-5-7-9-19/h5-10,13-14,17-18,21,23,25H,11-12,15-16H2,1-4H3,(H,29,32)(H,30,33)/t18-,21-,23+,25-/m0/s1. The molecule has 0 radical (unpaired) electrons. The Kier molecular flexibility index (Phi) is 7.94. The van der Waals surface area contributed by atoms with Gasteiger partial charge in [-0.3, -0.25) is 14.4 Å². The maximum Gasteiger partial charge on any atom is 0.257 e. The van der Waals surface area contributed by atoms with Crippen molar-refractivity contribution in [1.29, 1.82) is 0 Å². The number of anilines is 1. The van der Waals surface area contributed by atoms with E-state index in [1.165, 1.54) is 0 Å². The molecule has 0 aliphatic carbocycles. The van der Waals surface area contributed by atoms with Crippen molar-refractivity contribution in [3.05, 3.63) is 59.7 Å². The zero-order valence-electron chi connectivity index (χ0n) is 21.3. The third-order valence-electron chi connectivity index (χ3n) is 6.89. The molecule has 192 valence electrons. The Bertz CT molecular complexity index is 1100. The maximum atomic E-state index is 13.3. The maximum absolute atomic E-state index is 13.3. The summed E-state index contributed by atoms with van der Waals surface area (Å²) in [6, 6.07) is 14.7. The van der Waals surface area contributed by atoms with Gasteiger partial charge in [-0.25, -0.2) is 0 Å². The summed E-state index contributed by atoms with van der Waals surface area (Å²) < 4.78 is 12.3. The minimum atomic E-state index is -0.342. The average molecular weight is 494 g/mol.